The lowest BCUT2D eigenvalue weighted by molar-refractivity contribution is -0.127. The molecular formula is C27H21ClF2N2O5S. The van der Waals surface area contributed by atoms with Gasteiger partial charge in [-0.2, -0.15) is 0 Å². The van der Waals surface area contributed by atoms with Crippen LogP contribution in [-0.2, 0) is 16.2 Å². The first-order valence-electron chi connectivity index (χ1n) is 11.4. The molecule has 3 amide bonds. The second-order valence-electron chi connectivity index (χ2n) is 7.96. The van der Waals surface area contributed by atoms with Gasteiger partial charge in [0.1, 0.15) is 24.8 Å². The predicted octanol–water partition coefficient (Wildman–Crippen LogP) is 6.27. The number of hydrogen-bond acceptors (Lipinski definition) is 6. The zero-order valence-corrected chi connectivity index (χ0v) is 21.6. The van der Waals surface area contributed by atoms with E-state index in [1.165, 1.54) is 6.08 Å². The number of nitrogens with one attached hydrogen (secondary N) is 1. The first-order chi connectivity index (χ1) is 18.2. The Morgan fingerprint density at radius 2 is 1.84 bits per heavy atom. The van der Waals surface area contributed by atoms with Crippen molar-refractivity contribution in [1.82, 2.24) is 4.90 Å². The molecule has 1 aliphatic heterocycles. The molecule has 38 heavy (non-hydrogen) atoms. The smallest absolute Gasteiger partial charge is 0.294 e. The van der Waals surface area contributed by atoms with Gasteiger partial charge in [0.05, 0.1) is 17.2 Å². The number of halogens is 3. The molecule has 4 rings (SSSR count). The van der Waals surface area contributed by atoms with Crippen LogP contribution in [-0.4, -0.2) is 35.1 Å². The molecule has 0 aromatic heterocycles. The standard InChI is InChI=1S/C27H21ClF2N2O5S/c1-2-36-23-11-16(7-10-22(23)37-15-17-5-3-4-6-19(17)28)12-24-26(34)32(27(35)38-24)14-25(33)31-21-9-8-18(29)13-20(21)30/h3-13H,2,14-15H2,1H3,(H,31,33)/b24-12+. The number of nitrogens with zero attached hydrogens (tertiary/aromatic N) is 1. The lowest BCUT2D eigenvalue weighted by Gasteiger charge is -2.14. The molecule has 1 N–H and O–H groups in total. The Balaban J connectivity index is 1.45. The normalized spacial score (nSPS) is 14.2. The second kappa shape index (κ2) is 12.1. The monoisotopic (exact) mass is 558 g/mol. The SMILES string of the molecule is CCOc1cc(/C=C2/SC(=O)N(CC(=O)Nc3ccc(F)cc3F)C2=O)ccc1OCc1ccccc1Cl. The molecule has 0 aliphatic carbocycles. The highest BCUT2D eigenvalue weighted by Crippen LogP contribution is 2.35. The summed E-state index contributed by atoms with van der Waals surface area (Å²) < 4.78 is 38.5. The Bertz CT molecular complexity index is 1430. The Kier molecular flexibility index (Phi) is 8.65. The van der Waals surface area contributed by atoms with Gasteiger partial charge in [-0.05, 0) is 60.7 Å². The van der Waals surface area contributed by atoms with Crippen LogP contribution in [0.2, 0.25) is 5.02 Å². The quantitative estimate of drug-likeness (QED) is 0.312. The number of amides is 3. The molecule has 196 valence electrons. The highest BCUT2D eigenvalue weighted by molar-refractivity contribution is 8.18. The number of imide groups is 1. The first kappa shape index (κ1) is 27.2. The molecule has 1 fully saturated rings. The zero-order chi connectivity index (χ0) is 27.2. The number of ether oxygens (including phenoxy) is 2. The molecule has 11 heteroatoms. The minimum absolute atomic E-state index is 0.1000. The number of carbonyl (C=O) groups is 3. The van der Waals surface area contributed by atoms with Crippen molar-refractivity contribution in [2.75, 3.05) is 18.5 Å². The van der Waals surface area contributed by atoms with Crippen molar-refractivity contribution in [3.8, 4) is 11.5 Å². The van der Waals surface area contributed by atoms with E-state index in [2.05, 4.69) is 5.32 Å². The molecule has 1 aliphatic rings. The third kappa shape index (κ3) is 6.51. The van der Waals surface area contributed by atoms with Crippen molar-refractivity contribution in [3.63, 3.8) is 0 Å². The van der Waals surface area contributed by atoms with Crippen LogP contribution in [0.4, 0.5) is 19.3 Å². The summed E-state index contributed by atoms with van der Waals surface area (Å²) in [5.74, 6) is -2.35. The molecule has 0 radical (unpaired) electrons. The summed E-state index contributed by atoms with van der Waals surface area (Å²) in [6.07, 6.45) is 1.50. The summed E-state index contributed by atoms with van der Waals surface area (Å²) in [4.78, 5) is 38.4. The Hall–Kier alpha value is -3.89. The van der Waals surface area contributed by atoms with Crippen molar-refractivity contribution >= 4 is 52.2 Å². The van der Waals surface area contributed by atoms with Crippen molar-refractivity contribution < 1.29 is 32.6 Å². The number of anilines is 1. The molecule has 7 nitrogen and oxygen atoms in total. The summed E-state index contributed by atoms with van der Waals surface area (Å²) in [7, 11) is 0. The van der Waals surface area contributed by atoms with E-state index in [1.54, 1.807) is 24.3 Å². The van der Waals surface area contributed by atoms with Crippen LogP contribution in [0, 0.1) is 11.6 Å². The van der Waals surface area contributed by atoms with Gasteiger partial charge in [-0.15, -0.1) is 0 Å². The zero-order valence-electron chi connectivity index (χ0n) is 20.0. The summed E-state index contributed by atoms with van der Waals surface area (Å²) in [6, 6.07) is 15.0. The van der Waals surface area contributed by atoms with Crippen molar-refractivity contribution in [3.05, 3.63) is 93.4 Å². The Morgan fingerprint density at radius 3 is 2.58 bits per heavy atom. The van der Waals surface area contributed by atoms with Gasteiger partial charge in [0, 0.05) is 16.7 Å². The van der Waals surface area contributed by atoms with E-state index in [-0.39, 0.29) is 17.2 Å². The summed E-state index contributed by atoms with van der Waals surface area (Å²) in [5, 5.41) is 2.16. The van der Waals surface area contributed by atoms with E-state index in [0.29, 0.717) is 46.5 Å². The van der Waals surface area contributed by atoms with E-state index in [1.807, 2.05) is 25.1 Å². The lowest BCUT2D eigenvalue weighted by Crippen LogP contribution is -2.36. The minimum atomic E-state index is -0.975. The van der Waals surface area contributed by atoms with Crippen LogP contribution < -0.4 is 14.8 Å². The molecular weight excluding hydrogens is 538 g/mol. The molecule has 3 aromatic rings. The fourth-order valence-electron chi connectivity index (χ4n) is 3.48. The average Bonchev–Trinajstić information content (AvgIpc) is 3.13. The minimum Gasteiger partial charge on any atom is -0.490 e. The molecule has 0 saturated carbocycles. The van der Waals surface area contributed by atoms with Gasteiger partial charge in [0.25, 0.3) is 11.1 Å². The van der Waals surface area contributed by atoms with Gasteiger partial charge in [0.2, 0.25) is 5.91 Å². The highest BCUT2D eigenvalue weighted by atomic mass is 35.5. The van der Waals surface area contributed by atoms with Crippen molar-refractivity contribution in [1.29, 1.82) is 0 Å². The van der Waals surface area contributed by atoms with Gasteiger partial charge in [-0.3, -0.25) is 19.3 Å². The topological polar surface area (TPSA) is 84.9 Å². The van der Waals surface area contributed by atoms with Crippen LogP contribution in [0.5, 0.6) is 11.5 Å². The van der Waals surface area contributed by atoms with Gasteiger partial charge in [0.15, 0.2) is 11.5 Å². The first-order valence-corrected chi connectivity index (χ1v) is 12.6. The van der Waals surface area contributed by atoms with Gasteiger partial charge >= 0.3 is 0 Å². The van der Waals surface area contributed by atoms with E-state index in [4.69, 9.17) is 21.1 Å². The van der Waals surface area contributed by atoms with Crippen molar-refractivity contribution in [2.45, 2.75) is 13.5 Å². The molecule has 0 unspecified atom stereocenters. The van der Waals surface area contributed by atoms with Gasteiger partial charge in [-0.25, -0.2) is 8.78 Å². The molecule has 3 aromatic carbocycles. The summed E-state index contributed by atoms with van der Waals surface area (Å²) in [6.45, 7) is 1.78. The van der Waals surface area contributed by atoms with E-state index in [0.717, 1.165) is 22.6 Å². The Morgan fingerprint density at radius 1 is 1.05 bits per heavy atom. The fourth-order valence-corrected chi connectivity index (χ4v) is 4.51. The number of hydrogen-bond donors (Lipinski definition) is 1. The molecule has 0 spiro atoms. The summed E-state index contributed by atoms with van der Waals surface area (Å²) >= 11 is 6.86. The number of thioether (sulfide) groups is 1. The average molecular weight is 559 g/mol. The maximum atomic E-state index is 13.8. The largest absolute Gasteiger partial charge is 0.490 e. The van der Waals surface area contributed by atoms with Gasteiger partial charge < -0.3 is 14.8 Å². The molecule has 1 heterocycles. The number of benzene rings is 3. The van der Waals surface area contributed by atoms with E-state index in [9.17, 15) is 23.2 Å². The predicted molar refractivity (Wildman–Crippen MR) is 141 cm³/mol. The van der Waals surface area contributed by atoms with Gasteiger partial charge in [-0.1, -0.05) is 35.9 Å². The van der Waals surface area contributed by atoms with Crippen LogP contribution in [0.3, 0.4) is 0 Å². The van der Waals surface area contributed by atoms with E-state index < -0.39 is 35.2 Å². The van der Waals surface area contributed by atoms with Crippen LogP contribution in [0.15, 0.2) is 65.6 Å². The number of rotatable bonds is 9. The van der Waals surface area contributed by atoms with Crippen LogP contribution in [0.1, 0.15) is 18.1 Å². The molecule has 1 saturated heterocycles. The van der Waals surface area contributed by atoms with E-state index >= 15 is 0 Å². The summed E-state index contributed by atoms with van der Waals surface area (Å²) in [5.41, 5.74) is 1.11. The van der Waals surface area contributed by atoms with Crippen molar-refractivity contribution in [2.24, 2.45) is 0 Å². The maximum absolute atomic E-state index is 13.8. The third-order valence-corrected chi connectivity index (χ3v) is 6.56. The Labute approximate surface area is 226 Å². The maximum Gasteiger partial charge on any atom is 0.294 e. The lowest BCUT2D eigenvalue weighted by atomic mass is 10.1. The highest BCUT2D eigenvalue weighted by Gasteiger charge is 2.36. The van der Waals surface area contributed by atoms with Crippen LogP contribution in [0.25, 0.3) is 6.08 Å². The number of carbonyl (C=O) groups excluding carboxylic acids is 3. The second-order valence-corrected chi connectivity index (χ2v) is 9.36. The van der Waals surface area contributed by atoms with Crippen LogP contribution >= 0.6 is 23.4 Å². The third-order valence-electron chi connectivity index (χ3n) is 5.29. The molecule has 0 atom stereocenters. The molecule has 0 bridgehead atoms. The fraction of sp³-hybridized carbons (Fsp3) is 0.148.